The molecule has 0 saturated carbocycles. The van der Waals surface area contributed by atoms with Gasteiger partial charge >= 0.3 is 0 Å². The number of rotatable bonds is 12. The van der Waals surface area contributed by atoms with Gasteiger partial charge in [0.05, 0.1) is 29.3 Å². The average molecular weight is 471 g/mol. The zero-order valence-electron chi connectivity index (χ0n) is 19.9. The number of aryl methyl sites for hydroxylation is 1. The molecule has 1 atom stereocenters. The second kappa shape index (κ2) is 11.0. The van der Waals surface area contributed by atoms with E-state index in [1.165, 1.54) is 4.31 Å². The fourth-order valence-electron chi connectivity index (χ4n) is 3.83. The molecule has 0 unspecified atom stereocenters. The Hall–Kier alpha value is -2.55. The van der Waals surface area contributed by atoms with Crippen molar-refractivity contribution in [3.63, 3.8) is 0 Å². The molecule has 3 aromatic rings. The van der Waals surface area contributed by atoms with Crippen LogP contribution in [0.4, 0.5) is 0 Å². The Morgan fingerprint density at radius 1 is 1.21 bits per heavy atom. The number of nitrogens with one attached hydrogen (secondary N) is 1. The van der Waals surface area contributed by atoms with Crippen LogP contribution in [-0.2, 0) is 27.6 Å². The quantitative estimate of drug-likeness (QED) is 0.314. The van der Waals surface area contributed by atoms with Crippen molar-refractivity contribution in [1.29, 1.82) is 0 Å². The smallest absolute Gasteiger partial charge is 0.243 e. The summed E-state index contributed by atoms with van der Waals surface area (Å²) in [5, 5.41) is 0. The van der Waals surface area contributed by atoms with Crippen LogP contribution in [0.5, 0.6) is 0 Å². The van der Waals surface area contributed by atoms with E-state index in [1.54, 1.807) is 31.5 Å². The summed E-state index contributed by atoms with van der Waals surface area (Å²) in [6, 6.07) is 8.70. The van der Waals surface area contributed by atoms with Gasteiger partial charge in [-0.3, -0.25) is 4.98 Å². The number of fused-ring (bicyclic) bond motifs is 1. The van der Waals surface area contributed by atoms with Gasteiger partial charge in [0, 0.05) is 32.1 Å². The highest BCUT2D eigenvalue weighted by Crippen LogP contribution is 2.23. The summed E-state index contributed by atoms with van der Waals surface area (Å²) in [7, 11) is -2.02. The van der Waals surface area contributed by atoms with Gasteiger partial charge in [0.1, 0.15) is 11.3 Å². The maximum absolute atomic E-state index is 13.3. The van der Waals surface area contributed by atoms with E-state index in [1.807, 2.05) is 18.2 Å². The Morgan fingerprint density at radius 2 is 1.94 bits per heavy atom. The number of ether oxygens (including phenoxy) is 1. The first-order valence-electron chi connectivity index (χ1n) is 11.3. The minimum Gasteiger partial charge on any atom is -0.376 e. The number of likely N-dealkylation sites (N-methyl/N-ethyl adjacent to an activating group) is 1. The molecular formula is C25H34N4O3S. The Bertz CT molecular complexity index is 1170. The van der Waals surface area contributed by atoms with Crippen LogP contribution in [0, 0.1) is 5.92 Å². The lowest BCUT2D eigenvalue weighted by Gasteiger charge is -2.28. The monoisotopic (exact) mass is 470 g/mol. The van der Waals surface area contributed by atoms with Crippen LogP contribution in [0.2, 0.25) is 0 Å². The van der Waals surface area contributed by atoms with Crippen LogP contribution >= 0.6 is 0 Å². The van der Waals surface area contributed by atoms with Crippen LogP contribution in [0.3, 0.4) is 0 Å². The van der Waals surface area contributed by atoms with Crippen LogP contribution in [-0.4, -0.2) is 54.0 Å². The van der Waals surface area contributed by atoms with Gasteiger partial charge < -0.3 is 9.72 Å². The fourth-order valence-corrected chi connectivity index (χ4v) is 5.18. The maximum Gasteiger partial charge on any atom is 0.243 e. The van der Waals surface area contributed by atoms with E-state index in [4.69, 9.17) is 4.74 Å². The third-order valence-corrected chi connectivity index (χ3v) is 7.56. The van der Waals surface area contributed by atoms with E-state index in [9.17, 15) is 8.42 Å². The summed E-state index contributed by atoms with van der Waals surface area (Å²) in [4.78, 5) is 12.7. The topological polar surface area (TPSA) is 88.2 Å². The van der Waals surface area contributed by atoms with E-state index < -0.39 is 10.0 Å². The third-order valence-electron chi connectivity index (χ3n) is 5.64. The molecule has 0 aliphatic rings. The van der Waals surface area contributed by atoms with Crippen LogP contribution in [0.15, 0.2) is 54.1 Å². The van der Waals surface area contributed by atoms with Crippen LogP contribution in [0.1, 0.15) is 44.3 Å². The third kappa shape index (κ3) is 6.07. The van der Waals surface area contributed by atoms with E-state index in [0.29, 0.717) is 32.0 Å². The van der Waals surface area contributed by atoms with Crippen molar-refractivity contribution < 1.29 is 13.2 Å². The lowest BCUT2D eigenvalue weighted by atomic mass is 10.0. The molecule has 0 aliphatic heterocycles. The predicted octanol–water partition coefficient (Wildman–Crippen LogP) is 4.35. The molecule has 0 spiro atoms. The molecule has 2 aromatic heterocycles. The SMILES string of the molecule is C=CCOC[C@@H](CC(C)C)N(C)S(=O)(=O)c1ccc(Cc2nccc3[nH]c(CC)nc23)cc1. The highest BCUT2D eigenvalue weighted by molar-refractivity contribution is 7.89. The lowest BCUT2D eigenvalue weighted by molar-refractivity contribution is 0.106. The molecule has 178 valence electrons. The normalized spacial score (nSPS) is 13.2. The first-order valence-corrected chi connectivity index (χ1v) is 12.8. The maximum atomic E-state index is 13.3. The minimum atomic E-state index is -3.65. The summed E-state index contributed by atoms with van der Waals surface area (Å²) in [5.74, 6) is 1.27. The van der Waals surface area contributed by atoms with Gasteiger partial charge in [0.25, 0.3) is 0 Å². The van der Waals surface area contributed by atoms with Gasteiger partial charge in [-0.25, -0.2) is 13.4 Å². The van der Waals surface area contributed by atoms with Crippen molar-refractivity contribution >= 4 is 21.1 Å². The largest absolute Gasteiger partial charge is 0.376 e. The van der Waals surface area contributed by atoms with Gasteiger partial charge in [0.2, 0.25) is 10.0 Å². The number of aromatic nitrogens is 3. The fraction of sp³-hybridized carbons (Fsp3) is 0.440. The molecule has 1 N–H and O–H groups in total. The number of H-pyrrole nitrogens is 1. The summed E-state index contributed by atoms with van der Waals surface area (Å²) in [6.45, 7) is 10.6. The van der Waals surface area contributed by atoms with Crippen LogP contribution < -0.4 is 0 Å². The molecule has 0 radical (unpaired) electrons. The first kappa shape index (κ1) is 25.1. The van der Waals surface area contributed by atoms with Gasteiger partial charge in [-0.05, 0) is 36.1 Å². The Morgan fingerprint density at radius 3 is 2.58 bits per heavy atom. The lowest BCUT2D eigenvalue weighted by Crippen LogP contribution is -2.41. The molecule has 33 heavy (non-hydrogen) atoms. The molecule has 2 heterocycles. The molecule has 7 nitrogen and oxygen atoms in total. The van der Waals surface area contributed by atoms with Gasteiger partial charge in [-0.1, -0.05) is 39.0 Å². The first-order chi connectivity index (χ1) is 15.8. The minimum absolute atomic E-state index is 0.246. The molecule has 0 saturated heterocycles. The zero-order chi connectivity index (χ0) is 24.0. The Kier molecular flexibility index (Phi) is 8.40. The van der Waals surface area contributed by atoms with Crippen LogP contribution in [0.25, 0.3) is 11.0 Å². The standard InChI is InChI=1S/C25H34N4O3S/c1-6-14-32-17-20(15-18(3)4)29(5)33(30,31)21-10-8-19(9-11-21)16-23-25-22(12-13-26-23)27-24(7-2)28-25/h6,8-13,18,20H,1,7,14-17H2,2-5H3,(H,27,28)/t20-/m1/s1. The highest BCUT2D eigenvalue weighted by Gasteiger charge is 2.28. The van der Waals surface area contributed by atoms with Gasteiger partial charge in [-0.2, -0.15) is 4.31 Å². The molecule has 1 aromatic carbocycles. The highest BCUT2D eigenvalue weighted by atomic mass is 32.2. The van der Waals surface area contributed by atoms with E-state index in [-0.39, 0.29) is 10.9 Å². The molecule has 0 aliphatic carbocycles. The van der Waals surface area contributed by atoms with Crippen molar-refractivity contribution in [3.05, 3.63) is 66.3 Å². The van der Waals surface area contributed by atoms with Crippen molar-refractivity contribution in [1.82, 2.24) is 19.3 Å². The van der Waals surface area contributed by atoms with Crippen molar-refractivity contribution in [3.8, 4) is 0 Å². The number of imidazole rings is 1. The van der Waals surface area contributed by atoms with E-state index in [0.717, 1.165) is 34.5 Å². The predicted molar refractivity (Wildman–Crippen MR) is 132 cm³/mol. The molecule has 0 amide bonds. The number of aromatic amines is 1. The zero-order valence-corrected chi connectivity index (χ0v) is 20.7. The Labute approximate surface area is 197 Å². The van der Waals surface area contributed by atoms with Gasteiger partial charge in [-0.15, -0.1) is 6.58 Å². The van der Waals surface area contributed by atoms with Crippen molar-refractivity contribution in [2.24, 2.45) is 5.92 Å². The molecule has 0 bridgehead atoms. The number of nitrogens with zero attached hydrogens (tertiary/aromatic N) is 3. The average Bonchev–Trinajstić information content (AvgIpc) is 3.23. The van der Waals surface area contributed by atoms with E-state index in [2.05, 4.69) is 42.3 Å². The molecular weight excluding hydrogens is 436 g/mol. The second-order valence-electron chi connectivity index (χ2n) is 8.64. The Balaban J connectivity index is 1.79. The number of sulfonamides is 1. The summed E-state index contributed by atoms with van der Waals surface area (Å²) >= 11 is 0. The second-order valence-corrected chi connectivity index (χ2v) is 10.6. The summed E-state index contributed by atoms with van der Waals surface area (Å²) in [6.07, 6.45) is 5.55. The van der Waals surface area contributed by atoms with Crippen molar-refractivity contribution in [2.45, 2.75) is 51.0 Å². The van der Waals surface area contributed by atoms with E-state index >= 15 is 0 Å². The summed E-state index contributed by atoms with van der Waals surface area (Å²) in [5.41, 5.74) is 3.67. The number of hydrogen-bond acceptors (Lipinski definition) is 5. The number of pyridine rings is 1. The van der Waals surface area contributed by atoms with Crippen molar-refractivity contribution in [2.75, 3.05) is 20.3 Å². The molecule has 0 fully saturated rings. The van der Waals surface area contributed by atoms with Gasteiger partial charge in [0.15, 0.2) is 0 Å². The number of hydrogen-bond donors (Lipinski definition) is 1. The molecule has 3 rings (SSSR count). The summed E-state index contributed by atoms with van der Waals surface area (Å²) < 4.78 is 33.6. The molecule has 8 heteroatoms. The number of benzene rings is 1.